The second-order valence-corrected chi connectivity index (χ2v) is 5.34. The van der Waals surface area contributed by atoms with Gasteiger partial charge in [-0.15, -0.1) is 0 Å². The first-order valence-electron chi connectivity index (χ1n) is 7.10. The summed E-state index contributed by atoms with van der Waals surface area (Å²) in [6.07, 6.45) is 1.24. The van der Waals surface area contributed by atoms with Crippen molar-refractivity contribution in [2.24, 2.45) is 0 Å². The zero-order valence-corrected chi connectivity index (χ0v) is 11.9. The van der Waals surface area contributed by atoms with Crippen molar-refractivity contribution in [2.45, 2.75) is 19.8 Å². The number of allylic oxidation sites excluding steroid dienone is 2. The maximum atomic E-state index is 12.8. The van der Waals surface area contributed by atoms with E-state index in [9.17, 15) is 9.59 Å². The van der Waals surface area contributed by atoms with Gasteiger partial charge in [0.15, 0.2) is 11.6 Å². The summed E-state index contributed by atoms with van der Waals surface area (Å²) in [5.74, 6) is 0.0264. The first-order valence-corrected chi connectivity index (χ1v) is 7.10. The number of hydrogen-bond acceptors (Lipinski definition) is 2. The molecule has 0 heterocycles. The van der Waals surface area contributed by atoms with Crippen molar-refractivity contribution in [1.29, 1.82) is 0 Å². The standard InChI is InChI=1S/C19H16O2/c1-13-7-9-15(10-8-13)19(21)18(16-11-12-17(16)20)14-5-3-2-4-6-14/h2-10H,11-12H2,1H3/b18-16-. The van der Waals surface area contributed by atoms with Crippen LogP contribution in [0.5, 0.6) is 0 Å². The Morgan fingerprint density at radius 2 is 1.52 bits per heavy atom. The molecule has 0 unspecified atom stereocenters. The molecule has 3 rings (SSSR count). The number of Topliss-reactive ketones (excluding diaryl/α,β-unsaturated/α-hetero) is 2. The summed E-state index contributed by atoms with van der Waals surface area (Å²) in [7, 11) is 0. The molecule has 0 spiro atoms. The molecule has 1 aliphatic carbocycles. The van der Waals surface area contributed by atoms with E-state index in [4.69, 9.17) is 0 Å². The monoisotopic (exact) mass is 276 g/mol. The van der Waals surface area contributed by atoms with Gasteiger partial charge in [-0.3, -0.25) is 9.59 Å². The Kier molecular flexibility index (Phi) is 3.53. The molecule has 2 heteroatoms. The number of carbonyl (C=O) groups is 2. The van der Waals surface area contributed by atoms with Gasteiger partial charge in [0.2, 0.25) is 0 Å². The van der Waals surface area contributed by atoms with Gasteiger partial charge < -0.3 is 0 Å². The third kappa shape index (κ3) is 2.57. The molecule has 2 nitrogen and oxygen atoms in total. The van der Waals surface area contributed by atoms with Crippen LogP contribution in [0.15, 0.2) is 60.2 Å². The van der Waals surface area contributed by atoms with Crippen LogP contribution in [0.1, 0.15) is 34.3 Å². The average Bonchev–Trinajstić information content (AvgIpc) is 2.52. The van der Waals surface area contributed by atoms with Gasteiger partial charge in [0.25, 0.3) is 0 Å². The summed E-state index contributed by atoms with van der Waals surface area (Å²) < 4.78 is 0. The van der Waals surface area contributed by atoms with E-state index >= 15 is 0 Å². The molecule has 0 saturated heterocycles. The van der Waals surface area contributed by atoms with Crippen molar-refractivity contribution in [3.05, 3.63) is 76.9 Å². The molecule has 0 aromatic heterocycles. The minimum Gasteiger partial charge on any atom is -0.295 e. The Morgan fingerprint density at radius 3 is 2.05 bits per heavy atom. The van der Waals surface area contributed by atoms with Crippen LogP contribution in [-0.2, 0) is 4.79 Å². The summed E-state index contributed by atoms with van der Waals surface area (Å²) in [5, 5.41) is 0. The SMILES string of the molecule is Cc1ccc(C(=O)/C(=C2/CCC2=O)c2ccccc2)cc1. The maximum Gasteiger partial charge on any atom is 0.194 e. The van der Waals surface area contributed by atoms with E-state index in [1.54, 1.807) is 0 Å². The molecule has 1 aliphatic rings. The Hall–Kier alpha value is -2.48. The Bertz CT molecular complexity index is 722. The molecule has 0 N–H and O–H groups in total. The van der Waals surface area contributed by atoms with Crippen LogP contribution in [0, 0.1) is 6.92 Å². The lowest BCUT2D eigenvalue weighted by atomic mass is 9.81. The van der Waals surface area contributed by atoms with E-state index in [-0.39, 0.29) is 11.6 Å². The summed E-state index contributed by atoms with van der Waals surface area (Å²) in [4.78, 5) is 24.7. The van der Waals surface area contributed by atoms with Crippen molar-refractivity contribution in [3.63, 3.8) is 0 Å². The molecule has 2 aromatic carbocycles. The molecular weight excluding hydrogens is 260 g/mol. The van der Waals surface area contributed by atoms with Gasteiger partial charge in [0.1, 0.15) is 0 Å². The fourth-order valence-corrected chi connectivity index (χ4v) is 2.51. The number of hydrogen-bond donors (Lipinski definition) is 0. The summed E-state index contributed by atoms with van der Waals surface area (Å²) in [6.45, 7) is 1.99. The molecule has 0 atom stereocenters. The van der Waals surface area contributed by atoms with Gasteiger partial charge >= 0.3 is 0 Å². The molecule has 0 bridgehead atoms. The Morgan fingerprint density at radius 1 is 0.857 bits per heavy atom. The highest BCUT2D eigenvalue weighted by atomic mass is 16.1. The number of ketones is 2. The van der Waals surface area contributed by atoms with Crippen LogP contribution >= 0.6 is 0 Å². The van der Waals surface area contributed by atoms with Crippen molar-refractivity contribution >= 4 is 17.1 Å². The summed E-state index contributed by atoms with van der Waals surface area (Å²) in [6, 6.07) is 17.0. The molecule has 0 amide bonds. The Labute approximate surface area is 124 Å². The topological polar surface area (TPSA) is 34.1 Å². The number of carbonyl (C=O) groups excluding carboxylic acids is 2. The van der Waals surface area contributed by atoms with Gasteiger partial charge in [-0.05, 0) is 18.9 Å². The minimum atomic E-state index is -0.0655. The average molecular weight is 276 g/mol. The van der Waals surface area contributed by atoms with Gasteiger partial charge in [-0.1, -0.05) is 60.2 Å². The van der Waals surface area contributed by atoms with Gasteiger partial charge in [-0.2, -0.15) is 0 Å². The zero-order chi connectivity index (χ0) is 14.8. The van der Waals surface area contributed by atoms with Crippen LogP contribution in [-0.4, -0.2) is 11.6 Å². The fraction of sp³-hybridized carbons (Fsp3) is 0.158. The van der Waals surface area contributed by atoms with E-state index in [1.807, 2.05) is 61.5 Å². The van der Waals surface area contributed by atoms with Gasteiger partial charge in [-0.25, -0.2) is 0 Å². The lowest BCUT2D eigenvalue weighted by molar-refractivity contribution is -0.118. The minimum absolute atomic E-state index is 0.0655. The first kappa shape index (κ1) is 13.5. The molecule has 1 saturated carbocycles. The molecule has 0 radical (unpaired) electrons. The van der Waals surface area contributed by atoms with Crippen LogP contribution in [0.2, 0.25) is 0 Å². The predicted octanol–water partition coefficient (Wildman–Crippen LogP) is 3.99. The lowest BCUT2D eigenvalue weighted by Crippen LogP contribution is -2.20. The molecule has 0 aliphatic heterocycles. The predicted molar refractivity (Wildman–Crippen MR) is 83.1 cm³/mol. The number of aryl methyl sites for hydroxylation is 1. The van der Waals surface area contributed by atoms with Crippen molar-refractivity contribution in [2.75, 3.05) is 0 Å². The molecule has 21 heavy (non-hydrogen) atoms. The van der Waals surface area contributed by atoms with Gasteiger partial charge in [0, 0.05) is 23.1 Å². The van der Waals surface area contributed by atoms with Crippen LogP contribution in [0.4, 0.5) is 0 Å². The van der Waals surface area contributed by atoms with Crippen molar-refractivity contribution < 1.29 is 9.59 Å². The third-order valence-corrected chi connectivity index (χ3v) is 3.84. The molecule has 2 aromatic rings. The lowest BCUT2D eigenvalue weighted by Gasteiger charge is -2.20. The summed E-state index contributed by atoms with van der Waals surface area (Å²) in [5.41, 5.74) is 3.81. The molecular formula is C19H16O2. The largest absolute Gasteiger partial charge is 0.295 e. The highest BCUT2D eigenvalue weighted by Crippen LogP contribution is 2.33. The highest BCUT2D eigenvalue weighted by molar-refractivity contribution is 6.34. The second kappa shape index (κ2) is 5.49. The summed E-state index contributed by atoms with van der Waals surface area (Å²) >= 11 is 0. The van der Waals surface area contributed by atoms with E-state index < -0.39 is 0 Å². The smallest absolute Gasteiger partial charge is 0.194 e. The van der Waals surface area contributed by atoms with E-state index in [1.165, 1.54) is 0 Å². The third-order valence-electron chi connectivity index (χ3n) is 3.84. The first-order chi connectivity index (χ1) is 10.2. The van der Waals surface area contributed by atoms with Crippen LogP contribution in [0.25, 0.3) is 5.57 Å². The van der Waals surface area contributed by atoms with Crippen molar-refractivity contribution in [3.8, 4) is 0 Å². The van der Waals surface area contributed by atoms with Crippen molar-refractivity contribution in [1.82, 2.24) is 0 Å². The van der Waals surface area contributed by atoms with Crippen LogP contribution < -0.4 is 0 Å². The zero-order valence-electron chi connectivity index (χ0n) is 11.9. The highest BCUT2D eigenvalue weighted by Gasteiger charge is 2.29. The van der Waals surface area contributed by atoms with E-state index in [0.717, 1.165) is 11.1 Å². The molecule has 104 valence electrons. The number of rotatable bonds is 3. The van der Waals surface area contributed by atoms with Gasteiger partial charge in [0.05, 0.1) is 0 Å². The quantitative estimate of drug-likeness (QED) is 0.627. The second-order valence-electron chi connectivity index (χ2n) is 5.34. The maximum absolute atomic E-state index is 12.8. The fourth-order valence-electron chi connectivity index (χ4n) is 2.51. The molecule has 1 fully saturated rings. The van der Waals surface area contributed by atoms with E-state index in [0.29, 0.717) is 29.6 Å². The Balaban J connectivity index is 2.09. The normalized spacial score (nSPS) is 16.3. The van der Waals surface area contributed by atoms with Crippen LogP contribution in [0.3, 0.4) is 0 Å². The number of benzene rings is 2. The van der Waals surface area contributed by atoms with E-state index in [2.05, 4.69) is 0 Å².